The monoisotopic (exact) mass is 486 g/mol. The van der Waals surface area contributed by atoms with Crippen molar-refractivity contribution in [3.05, 3.63) is 84.6 Å². The fourth-order valence-electron chi connectivity index (χ4n) is 4.91. The van der Waals surface area contributed by atoms with Gasteiger partial charge >= 0.3 is 0 Å². The highest BCUT2D eigenvalue weighted by Crippen LogP contribution is 2.34. The number of hydrogen-bond acceptors (Lipinski definition) is 3. The fraction of sp³-hybridized carbons (Fsp3) is 0.333. The van der Waals surface area contributed by atoms with E-state index in [4.69, 9.17) is 0 Å². The summed E-state index contributed by atoms with van der Waals surface area (Å²) in [6.07, 6.45) is 7.35. The summed E-state index contributed by atoms with van der Waals surface area (Å²) in [7, 11) is -3.74. The van der Waals surface area contributed by atoms with Gasteiger partial charge in [0.05, 0.1) is 10.4 Å². The third-order valence-corrected chi connectivity index (χ3v) is 8.67. The quantitative estimate of drug-likeness (QED) is 0.307. The number of para-hydroxylation sites is 1. The van der Waals surface area contributed by atoms with Crippen molar-refractivity contribution in [2.45, 2.75) is 44.9 Å². The van der Waals surface area contributed by atoms with Crippen molar-refractivity contribution < 1.29 is 8.42 Å². The number of allylic oxidation sites excluding steroid dienone is 1. The summed E-state index contributed by atoms with van der Waals surface area (Å²) in [5.74, 6) is 0. The minimum atomic E-state index is -3.74. The summed E-state index contributed by atoms with van der Waals surface area (Å²) < 4.78 is 29.1. The van der Waals surface area contributed by atoms with Crippen LogP contribution < -0.4 is 0 Å². The maximum Gasteiger partial charge on any atom is 0.268 e. The van der Waals surface area contributed by atoms with Crippen LogP contribution in [-0.2, 0) is 10.0 Å². The number of hydrogen-bond donors (Lipinski definition) is 0. The molecule has 0 N–H and O–H groups in total. The standard InChI is InChI=1S/C30H34N2O2S/c1-30(2,3)17-20-31-18-8-11-24(16-19-31)28-22-32(29-13-7-6-12-27(28)29)35(33,34)26-15-14-23-9-4-5-10-25(23)21-26/h4-7,9-10,12-16,21-22H,8,11,17-20H2,1-3H3. The van der Waals surface area contributed by atoms with Crippen LogP contribution in [0.2, 0.25) is 0 Å². The molecule has 182 valence electrons. The molecule has 0 saturated heterocycles. The Morgan fingerprint density at radius 2 is 1.66 bits per heavy atom. The van der Waals surface area contributed by atoms with E-state index >= 15 is 0 Å². The summed E-state index contributed by atoms with van der Waals surface area (Å²) in [5, 5.41) is 2.95. The topological polar surface area (TPSA) is 42.3 Å². The Bertz CT molecular complexity index is 1510. The molecule has 2 heterocycles. The maximum atomic E-state index is 13.8. The maximum absolute atomic E-state index is 13.8. The summed E-state index contributed by atoms with van der Waals surface area (Å²) in [6, 6.07) is 21.1. The molecular formula is C30H34N2O2S. The lowest BCUT2D eigenvalue weighted by Gasteiger charge is -2.24. The van der Waals surface area contributed by atoms with E-state index in [1.807, 2.05) is 60.8 Å². The van der Waals surface area contributed by atoms with Gasteiger partial charge in [0.1, 0.15) is 0 Å². The third-order valence-electron chi connectivity index (χ3n) is 7.00. The average Bonchev–Trinajstić information content (AvgIpc) is 3.07. The van der Waals surface area contributed by atoms with Crippen molar-refractivity contribution in [1.82, 2.24) is 8.87 Å². The summed E-state index contributed by atoms with van der Waals surface area (Å²) >= 11 is 0. The van der Waals surface area contributed by atoms with E-state index in [0.29, 0.717) is 10.3 Å². The lowest BCUT2D eigenvalue weighted by molar-refractivity contribution is 0.247. The lowest BCUT2D eigenvalue weighted by Crippen LogP contribution is -2.28. The zero-order valence-corrected chi connectivity index (χ0v) is 21.7. The van der Waals surface area contributed by atoms with Crippen LogP contribution in [-0.4, -0.2) is 36.9 Å². The Balaban J connectivity index is 1.53. The van der Waals surface area contributed by atoms with Gasteiger partial charge in [-0.1, -0.05) is 75.4 Å². The number of aromatic nitrogens is 1. The Morgan fingerprint density at radius 1 is 0.914 bits per heavy atom. The van der Waals surface area contributed by atoms with Crippen LogP contribution in [0.3, 0.4) is 0 Å². The molecule has 3 aromatic carbocycles. The Kier molecular flexibility index (Phi) is 6.32. The molecule has 5 rings (SSSR count). The molecular weight excluding hydrogens is 452 g/mol. The summed E-state index contributed by atoms with van der Waals surface area (Å²) in [6.45, 7) is 9.93. The van der Waals surface area contributed by atoms with E-state index in [1.165, 1.54) is 16.0 Å². The number of benzene rings is 3. The molecule has 0 spiro atoms. The predicted molar refractivity (Wildman–Crippen MR) is 146 cm³/mol. The number of rotatable bonds is 5. The molecule has 0 fully saturated rings. The van der Waals surface area contributed by atoms with Gasteiger partial charge in [0, 0.05) is 23.7 Å². The van der Waals surface area contributed by atoms with Gasteiger partial charge < -0.3 is 0 Å². The first-order chi connectivity index (χ1) is 16.7. The highest BCUT2D eigenvalue weighted by molar-refractivity contribution is 7.90. The summed E-state index contributed by atoms with van der Waals surface area (Å²) in [5.41, 5.74) is 3.32. The van der Waals surface area contributed by atoms with Crippen molar-refractivity contribution in [2.24, 2.45) is 5.41 Å². The van der Waals surface area contributed by atoms with E-state index in [0.717, 1.165) is 59.7 Å². The van der Waals surface area contributed by atoms with E-state index < -0.39 is 10.0 Å². The van der Waals surface area contributed by atoms with Gasteiger partial charge in [-0.15, -0.1) is 0 Å². The molecule has 0 saturated carbocycles. The predicted octanol–water partition coefficient (Wildman–Crippen LogP) is 6.95. The first kappa shape index (κ1) is 23.8. The van der Waals surface area contributed by atoms with E-state index in [1.54, 1.807) is 12.1 Å². The Labute approximate surface area is 208 Å². The van der Waals surface area contributed by atoms with Gasteiger partial charge in [0.25, 0.3) is 10.0 Å². The molecule has 4 nitrogen and oxygen atoms in total. The normalized spacial score (nSPS) is 15.9. The number of fused-ring (bicyclic) bond motifs is 2. The largest absolute Gasteiger partial charge is 0.300 e. The second-order valence-corrected chi connectivity index (χ2v) is 12.6. The second kappa shape index (κ2) is 9.29. The van der Waals surface area contributed by atoms with Gasteiger partial charge in [-0.2, -0.15) is 0 Å². The Morgan fingerprint density at radius 3 is 2.46 bits per heavy atom. The molecule has 0 radical (unpaired) electrons. The lowest BCUT2D eigenvalue weighted by atomic mass is 9.92. The van der Waals surface area contributed by atoms with Crippen LogP contribution in [0, 0.1) is 5.41 Å². The highest BCUT2D eigenvalue weighted by Gasteiger charge is 2.23. The smallest absolute Gasteiger partial charge is 0.268 e. The fourth-order valence-corrected chi connectivity index (χ4v) is 6.32. The van der Waals surface area contributed by atoms with Crippen LogP contribution in [0.5, 0.6) is 0 Å². The second-order valence-electron chi connectivity index (χ2n) is 10.8. The first-order valence-corrected chi connectivity index (χ1v) is 13.9. The van der Waals surface area contributed by atoms with Crippen LogP contribution in [0.1, 0.15) is 45.6 Å². The average molecular weight is 487 g/mol. The first-order valence-electron chi connectivity index (χ1n) is 12.5. The molecule has 1 aliphatic rings. The molecule has 0 unspecified atom stereocenters. The third kappa shape index (κ3) is 4.93. The van der Waals surface area contributed by atoms with Crippen LogP contribution in [0.15, 0.2) is 83.9 Å². The van der Waals surface area contributed by atoms with E-state index in [2.05, 4.69) is 31.7 Å². The Hall–Kier alpha value is -2.89. The SMILES string of the molecule is CC(C)(C)CCN1CC=C(c2cn(S(=O)(=O)c3ccc4ccccc4c3)c3ccccc23)CCC1. The van der Waals surface area contributed by atoms with Crippen LogP contribution in [0.25, 0.3) is 27.2 Å². The van der Waals surface area contributed by atoms with Gasteiger partial charge in [-0.05, 0) is 72.3 Å². The van der Waals surface area contributed by atoms with E-state index in [-0.39, 0.29) is 0 Å². The molecule has 0 amide bonds. The van der Waals surface area contributed by atoms with Crippen LogP contribution in [0.4, 0.5) is 0 Å². The molecule has 0 aliphatic carbocycles. The van der Waals surface area contributed by atoms with Crippen LogP contribution >= 0.6 is 0 Å². The molecule has 35 heavy (non-hydrogen) atoms. The zero-order valence-electron chi connectivity index (χ0n) is 20.9. The molecule has 0 bridgehead atoms. The molecule has 4 aromatic rings. The zero-order chi connectivity index (χ0) is 24.6. The highest BCUT2D eigenvalue weighted by atomic mass is 32.2. The van der Waals surface area contributed by atoms with Gasteiger partial charge in [-0.25, -0.2) is 12.4 Å². The van der Waals surface area contributed by atoms with Crippen molar-refractivity contribution >= 4 is 37.3 Å². The summed E-state index contributed by atoms with van der Waals surface area (Å²) in [4.78, 5) is 2.83. The van der Waals surface area contributed by atoms with Crippen molar-refractivity contribution in [3.63, 3.8) is 0 Å². The molecule has 5 heteroatoms. The van der Waals surface area contributed by atoms with Gasteiger partial charge in [-0.3, -0.25) is 4.90 Å². The van der Waals surface area contributed by atoms with Gasteiger partial charge in [0.2, 0.25) is 0 Å². The van der Waals surface area contributed by atoms with Crippen molar-refractivity contribution in [2.75, 3.05) is 19.6 Å². The molecule has 0 atom stereocenters. The van der Waals surface area contributed by atoms with Crippen molar-refractivity contribution in [1.29, 1.82) is 0 Å². The molecule has 1 aliphatic heterocycles. The minimum absolute atomic E-state index is 0.312. The van der Waals surface area contributed by atoms with Crippen molar-refractivity contribution in [3.8, 4) is 0 Å². The van der Waals surface area contributed by atoms with Gasteiger partial charge in [0.15, 0.2) is 0 Å². The minimum Gasteiger partial charge on any atom is -0.300 e. The molecule has 1 aromatic heterocycles. The number of nitrogens with zero attached hydrogens (tertiary/aromatic N) is 2. The van der Waals surface area contributed by atoms with E-state index in [9.17, 15) is 8.42 Å².